The fraction of sp³-hybridized carbons (Fsp3) is 0.462. The maximum Gasteiger partial charge on any atom is 0.164 e. The summed E-state index contributed by atoms with van der Waals surface area (Å²) >= 11 is 0. The maximum absolute atomic E-state index is 11.9. The number of Topliss-reactive ketones (excluding diaryl/α,β-unsaturated/α-hetero) is 1. The van der Waals surface area contributed by atoms with Gasteiger partial charge in [0, 0.05) is 18.0 Å². The molecule has 4 heteroatoms. The summed E-state index contributed by atoms with van der Waals surface area (Å²) < 4.78 is 10.3. The molecule has 1 unspecified atom stereocenters. The fourth-order valence-electron chi connectivity index (χ4n) is 1.51. The molecule has 0 aliphatic heterocycles. The van der Waals surface area contributed by atoms with Crippen molar-refractivity contribution in [1.82, 2.24) is 0 Å². The minimum Gasteiger partial charge on any atom is -0.493 e. The van der Waals surface area contributed by atoms with Crippen LogP contribution in [0, 0.1) is 0 Å². The lowest BCUT2D eigenvalue weighted by Crippen LogP contribution is -2.22. The molecule has 1 rings (SSSR count). The molecule has 0 aliphatic rings. The Kier molecular flexibility index (Phi) is 4.97. The zero-order valence-electron chi connectivity index (χ0n) is 10.5. The lowest BCUT2D eigenvalue weighted by Gasteiger charge is -2.10. The Labute approximate surface area is 102 Å². The third kappa shape index (κ3) is 3.46. The molecule has 0 amide bonds. The molecule has 0 bridgehead atoms. The minimum atomic E-state index is -0.0874. The van der Waals surface area contributed by atoms with Gasteiger partial charge in [0.25, 0.3) is 0 Å². The molecule has 0 spiro atoms. The van der Waals surface area contributed by atoms with Gasteiger partial charge in [-0.3, -0.25) is 4.79 Å². The molecule has 0 saturated carbocycles. The van der Waals surface area contributed by atoms with Crippen LogP contribution in [0.5, 0.6) is 11.5 Å². The van der Waals surface area contributed by atoms with Gasteiger partial charge >= 0.3 is 0 Å². The Morgan fingerprint density at radius 1 is 1.29 bits per heavy atom. The Morgan fingerprint density at radius 3 is 2.47 bits per heavy atom. The van der Waals surface area contributed by atoms with Gasteiger partial charge in [0.1, 0.15) is 0 Å². The zero-order chi connectivity index (χ0) is 12.8. The topological polar surface area (TPSA) is 61.6 Å². The molecule has 1 aromatic carbocycles. The number of hydrogen-bond donors (Lipinski definition) is 1. The monoisotopic (exact) mass is 237 g/mol. The van der Waals surface area contributed by atoms with Crippen LogP contribution in [0.25, 0.3) is 0 Å². The summed E-state index contributed by atoms with van der Waals surface area (Å²) in [5.74, 6) is 1.20. The van der Waals surface area contributed by atoms with E-state index >= 15 is 0 Å². The third-order valence-corrected chi connectivity index (χ3v) is 2.68. The van der Waals surface area contributed by atoms with Crippen molar-refractivity contribution in [3.05, 3.63) is 23.8 Å². The number of carbonyl (C=O) groups is 1. The van der Waals surface area contributed by atoms with Crippen molar-refractivity contribution in [3.63, 3.8) is 0 Å². The number of carbonyl (C=O) groups excluding carboxylic acids is 1. The van der Waals surface area contributed by atoms with Crippen LogP contribution in [0.4, 0.5) is 0 Å². The van der Waals surface area contributed by atoms with E-state index in [1.165, 1.54) is 0 Å². The van der Waals surface area contributed by atoms with E-state index in [1.54, 1.807) is 32.4 Å². The van der Waals surface area contributed by atoms with Crippen LogP contribution in [-0.2, 0) is 0 Å². The number of ether oxygens (including phenoxy) is 2. The quantitative estimate of drug-likeness (QED) is 0.769. The molecule has 4 nitrogen and oxygen atoms in total. The number of rotatable bonds is 6. The molecule has 0 radical (unpaired) electrons. The molecular formula is C13H19NO3. The molecule has 1 atom stereocenters. The Hall–Kier alpha value is -1.55. The van der Waals surface area contributed by atoms with E-state index in [0.29, 0.717) is 23.5 Å². The highest BCUT2D eigenvalue weighted by atomic mass is 16.5. The Balaban J connectivity index is 2.88. The SMILES string of the molecule is CCC(N)CC(=O)c1ccc(OC)c(OC)c1. The molecule has 2 N–H and O–H groups in total. The first-order chi connectivity index (χ1) is 8.12. The smallest absolute Gasteiger partial charge is 0.164 e. The molecule has 17 heavy (non-hydrogen) atoms. The highest BCUT2D eigenvalue weighted by Crippen LogP contribution is 2.28. The van der Waals surface area contributed by atoms with Crippen LogP contribution in [-0.4, -0.2) is 26.0 Å². The van der Waals surface area contributed by atoms with Gasteiger partial charge in [0.2, 0.25) is 0 Å². The normalized spacial score (nSPS) is 12.0. The summed E-state index contributed by atoms with van der Waals surface area (Å²) in [5.41, 5.74) is 6.36. The lowest BCUT2D eigenvalue weighted by atomic mass is 10.0. The van der Waals surface area contributed by atoms with Crippen molar-refractivity contribution in [2.75, 3.05) is 14.2 Å². The van der Waals surface area contributed by atoms with Crippen molar-refractivity contribution in [2.45, 2.75) is 25.8 Å². The van der Waals surface area contributed by atoms with Gasteiger partial charge in [-0.25, -0.2) is 0 Å². The van der Waals surface area contributed by atoms with E-state index < -0.39 is 0 Å². The maximum atomic E-state index is 11.9. The second kappa shape index (κ2) is 6.25. The molecule has 1 aromatic rings. The zero-order valence-corrected chi connectivity index (χ0v) is 10.5. The summed E-state index contributed by atoms with van der Waals surface area (Å²) in [7, 11) is 3.11. The first-order valence-corrected chi connectivity index (χ1v) is 5.63. The largest absolute Gasteiger partial charge is 0.493 e. The molecule has 0 fully saturated rings. The van der Waals surface area contributed by atoms with Gasteiger partial charge in [-0.2, -0.15) is 0 Å². The van der Waals surface area contributed by atoms with Crippen molar-refractivity contribution < 1.29 is 14.3 Å². The van der Waals surface area contributed by atoms with Gasteiger partial charge < -0.3 is 15.2 Å². The molecule has 0 aromatic heterocycles. The number of ketones is 1. The van der Waals surface area contributed by atoms with Gasteiger partial charge in [0.05, 0.1) is 14.2 Å². The van der Waals surface area contributed by atoms with E-state index in [0.717, 1.165) is 6.42 Å². The summed E-state index contributed by atoms with van der Waals surface area (Å²) in [6, 6.07) is 5.05. The first-order valence-electron chi connectivity index (χ1n) is 5.63. The molecule has 0 aliphatic carbocycles. The highest BCUT2D eigenvalue weighted by molar-refractivity contribution is 5.97. The van der Waals surface area contributed by atoms with Crippen LogP contribution in [0.15, 0.2) is 18.2 Å². The average molecular weight is 237 g/mol. The van der Waals surface area contributed by atoms with Crippen molar-refractivity contribution >= 4 is 5.78 Å². The highest BCUT2D eigenvalue weighted by Gasteiger charge is 2.13. The van der Waals surface area contributed by atoms with Crippen molar-refractivity contribution in [1.29, 1.82) is 0 Å². The van der Waals surface area contributed by atoms with E-state index in [-0.39, 0.29) is 11.8 Å². The van der Waals surface area contributed by atoms with Crippen LogP contribution in [0.2, 0.25) is 0 Å². The third-order valence-electron chi connectivity index (χ3n) is 2.68. The second-order valence-electron chi connectivity index (χ2n) is 3.87. The Bertz CT molecular complexity index is 390. The van der Waals surface area contributed by atoms with Crippen molar-refractivity contribution in [3.8, 4) is 11.5 Å². The van der Waals surface area contributed by atoms with Crippen molar-refractivity contribution in [2.24, 2.45) is 5.73 Å². The predicted octanol–water partition coefficient (Wildman–Crippen LogP) is 2.01. The van der Waals surface area contributed by atoms with Crippen LogP contribution < -0.4 is 15.2 Å². The number of benzene rings is 1. The van der Waals surface area contributed by atoms with Crippen LogP contribution >= 0.6 is 0 Å². The van der Waals surface area contributed by atoms with Crippen LogP contribution in [0.3, 0.4) is 0 Å². The second-order valence-corrected chi connectivity index (χ2v) is 3.87. The average Bonchev–Trinajstić information content (AvgIpc) is 2.37. The lowest BCUT2D eigenvalue weighted by molar-refractivity contribution is 0.0973. The minimum absolute atomic E-state index is 0.0281. The number of hydrogen-bond acceptors (Lipinski definition) is 4. The van der Waals surface area contributed by atoms with Gasteiger partial charge in [-0.05, 0) is 24.6 Å². The molecule has 94 valence electrons. The van der Waals surface area contributed by atoms with Crippen LogP contribution in [0.1, 0.15) is 30.1 Å². The predicted molar refractivity (Wildman–Crippen MR) is 66.8 cm³/mol. The summed E-state index contributed by atoms with van der Waals surface area (Å²) in [5, 5.41) is 0. The van der Waals surface area contributed by atoms with Gasteiger partial charge in [0.15, 0.2) is 17.3 Å². The van der Waals surface area contributed by atoms with E-state index in [1.807, 2.05) is 6.92 Å². The standard InChI is InChI=1S/C13H19NO3/c1-4-10(14)8-11(15)9-5-6-12(16-2)13(7-9)17-3/h5-7,10H,4,8,14H2,1-3H3. The van der Waals surface area contributed by atoms with E-state index in [4.69, 9.17) is 15.2 Å². The van der Waals surface area contributed by atoms with Gasteiger partial charge in [-0.15, -0.1) is 0 Å². The fourth-order valence-corrected chi connectivity index (χ4v) is 1.51. The molecule has 0 heterocycles. The number of nitrogens with two attached hydrogens (primary N) is 1. The van der Waals surface area contributed by atoms with E-state index in [2.05, 4.69) is 0 Å². The first kappa shape index (κ1) is 13.5. The number of methoxy groups -OCH3 is 2. The summed E-state index contributed by atoms with van der Waals surface area (Å²) in [4.78, 5) is 11.9. The summed E-state index contributed by atoms with van der Waals surface area (Å²) in [6.07, 6.45) is 1.14. The molecule has 0 saturated heterocycles. The van der Waals surface area contributed by atoms with E-state index in [9.17, 15) is 4.79 Å². The molecular weight excluding hydrogens is 218 g/mol. The Morgan fingerprint density at radius 2 is 1.94 bits per heavy atom. The van der Waals surface area contributed by atoms with Gasteiger partial charge in [-0.1, -0.05) is 6.92 Å². The summed E-state index contributed by atoms with van der Waals surface area (Å²) in [6.45, 7) is 1.96.